The molecular formula is C22H17F3N2O3. The van der Waals surface area contributed by atoms with E-state index in [2.05, 4.69) is 10.3 Å². The summed E-state index contributed by atoms with van der Waals surface area (Å²) in [5.41, 5.74) is 3.01. The summed E-state index contributed by atoms with van der Waals surface area (Å²) in [6, 6.07) is 8.04. The van der Waals surface area contributed by atoms with Crippen LogP contribution < -0.4 is 10.1 Å². The van der Waals surface area contributed by atoms with Gasteiger partial charge in [0, 0.05) is 28.3 Å². The maximum absolute atomic E-state index is 12.9. The van der Waals surface area contributed by atoms with Crippen molar-refractivity contribution in [3.8, 4) is 5.75 Å². The molecule has 0 bridgehead atoms. The molecule has 2 aliphatic heterocycles. The van der Waals surface area contributed by atoms with Crippen LogP contribution in [0.1, 0.15) is 51.7 Å². The van der Waals surface area contributed by atoms with Gasteiger partial charge in [-0.25, -0.2) is 0 Å². The Morgan fingerprint density at radius 3 is 2.80 bits per heavy atom. The average Bonchev–Trinajstić information content (AvgIpc) is 3.30. The highest BCUT2D eigenvalue weighted by Gasteiger charge is 2.34. The number of nitrogens with one attached hydrogen (secondary N) is 1. The lowest BCUT2D eigenvalue weighted by Gasteiger charge is -2.13. The molecule has 2 aliphatic rings. The minimum absolute atomic E-state index is 0.0388. The van der Waals surface area contributed by atoms with Crippen molar-refractivity contribution in [2.75, 3.05) is 6.61 Å². The molecule has 0 spiro atoms. The number of ether oxygens (including phenoxy) is 2. The summed E-state index contributed by atoms with van der Waals surface area (Å²) >= 11 is 0. The second-order valence-electron chi connectivity index (χ2n) is 7.46. The van der Waals surface area contributed by atoms with Gasteiger partial charge in [-0.05, 0) is 42.8 Å². The number of amides is 1. The van der Waals surface area contributed by atoms with E-state index < -0.39 is 17.8 Å². The van der Waals surface area contributed by atoms with E-state index in [9.17, 15) is 18.0 Å². The predicted octanol–water partition coefficient (Wildman–Crippen LogP) is 4.71. The lowest BCUT2D eigenvalue weighted by atomic mass is 10.0. The van der Waals surface area contributed by atoms with E-state index in [4.69, 9.17) is 9.47 Å². The smallest absolute Gasteiger partial charge is 0.416 e. The van der Waals surface area contributed by atoms with Gasteiger partial charge in [0.2, 0.25) is 0 Å². The minimum atomic E-state index is -4.44. The van der Waals surface area contributed by atoms with Gasteiger partial charge in [-0.1, -0.05) is 6.07 Å². The Labute approximate surface area is 169 Å². The monoisotopic (exact) mass is 414 g/mol. The topological polar surface area (TPSA) is 60.5 Å². The van der Waals surface area contributed by atoms with Gasteiger partial charge in [0.25, 0.3) is 5.91 Å². The van der Waals surface area contributed by atoms with Crippen LogP contribution in [0.2, 0.25) is 0 Å². The molecule has 30 heavy (non-hydrogen) atoms. The molecule has 1 aromatic heterocycles. The van der Waals surface area contributed by atoms with Gasteiger partial charge < -0.3 is 14.8 Å². The summed E-state index contributed by atoms with van der Waals surface area (Å²) in [4.78, 5) is 17.3. The van der Waals surface area contributed by atoms with E-state index in [1.165, 1.54) is 6.07 Å². The molecule has 3 aromatic rings. The fourth-order valence-electron chi connectivity index (χ4n) is 3.96. The zero-order valence-electron chi connectivity index (χ0n) is 15.9. The molecule has 154 valence electrons. The number of fused-ring (bicyclic) bond motifs is 4. The lowest BCUT2D eigenvalue weighted by Crippen LogP contribution is -2.29. The van der Waals surface area contributed by atoms with Crippen molar-refractivity contribution in [2.24, 2.45) is 0 Å². The number of rotatable bonds is 2. The molecule has 2 atom stereocenters. The van der Waals surface area contributed by atoms with Gasteiger partial charge in [-0.2, -0.15) is 13.2 Å². The SMILES string of the molecule is CC1OCc2c1cnc1ccc(C(=O)N[C@H]3COc4cc(C(F)(F)F)ccc43)cc21. The highest BCUT2D eigenvalue weighted by Crippen LogP contribution is 2.38. The largest absolute Gasteiger partial charge is 0.491 e. The summed E-state index contributed by atoms with van der Waals surface area (Å²) in [5, 5.41) is 3.72. The standard InChI is InChI=1S/C22H17F3N2O3/c1-11-16-8-26-18-5-2-12(6-15(18)17(16)9-29-11)21(28)27-19-10-30-20-7-13(22(23,24)25)3-4-14(19)20/h2-8,11,19H,9-10H2,1H3,(H,27,28)/t11?,19-/m0/s1. The van der Waals surface area contributed by atoms with Crippen molar-refractivity contribution in [2.45, 2.75) is 31.9 Å². The molecule has 5 rings (SSSR count). The van der Waals surface area contributed by atoms with Gasteiger partial charge in [-0.3, -0.25) is 9.78 Å². The zero-order chi connectivity index (χ0) is 21.0. The van der Waals surface area contributed by atoms with Crippen LogP contribution in [0.3, 0.4) is 0 Å². The Balaban J connectivity index is 1.41. The summed E-state index contributed by atoms with van der Waals surface area (Å²) in [6.07, 6.45) is -2.68. The maximum atomic E-state index is 12.9. The summed E-state index contributed by atoms with van der Waals surface area (Å²) in [7, 11) is 0. The van der Waals surface area contributed by atoms with Crippen molar-refractivity contribution in [1.82, 2.24) is 10.3 Å². The van der Waals surface area contributed by atoms with Crippen LogP contribution >= 0.6 is 0 Å². The van der Waals surface area contributed by atoms with E-state index in [1.54, 1.807) is 24.4 Å². The van der Waals surface area contributed by atoms with Crippen molar-refractivity contribution in [1.29, 1.82) is 0 Å². The lowest BCUT2D eigenvalue weighted by molar-refractivity contribution is -0.137. The summed E-state index contributed by atoms with van der Waals surface area (Å²) in [5.74, 6) is -0.190. The second-order valence-corrected chi connectivity index (χ2v) is 7.46. The molecule has 0 saturated heterocycles. The molecule has 0 radical (unpaired) electrons. The number of hydrogen-bond donors (Lipinski definition) is 1. The first-order chi connectivity index (χ1) is 14.3. The predicted molar refractivity (Wildman–Crippen MR) is 102 cm³/mol. The number of halogens is 3. The van der Waals surface area contributed by atoms with Crippen molar-refractivity contribution < 1.29 is 27.4 Å². The van der Waals surface area contributed by atoms with Crippen LogP contribution in [0.4, 0.5) is 13.2 Å². The first-order valence-electron chi connectivity index (χ1n) is 9.49. The Kier molecular flexibility index (Phi) is 4.21. The van der Waals surface area contributed by atoms with E-state index >= 15 is 0 Å². The molecule has 3 heterocycles. The molecule has 1 N–H and O–H groups in total. The Morgan fingerprint density at radius 2 is 2.00 bits per heavy atom. The van der Waals surface area contributed by atoms with Crippen molar-refractivity contribution in [3.63, 3.8) is 0 Å². The number of pyridine rings is 1. The quantitative estimate of drug-likeness (QED) is 0.660. The van der Waals surface area contributed by atoms with Gasteiger partial charge in [-0.15, -0.1) is 0 Å². The fraction of sp³-hybridized carbons (Fsp3) is 0.273. The molecule has 2 aromatic carbocycles. The molecule has 8 heteroatoms. The number of carbonyl (C=O) groups is 1. The number of hydrogen-bond acceptors (Lipinski definition) is 4. The van der Waals surface area contributed by atoms with Crippen molar-refractivity contribution in [3.05, 3.63) is 70.4 Å². The highest BCUT2D eigenvalue weighted by atomic mass is 19.4. The van der Waals surface area contributed by atoms with Gasteiger partial charge >= 0.3 is 6.18 Å². The van der Waals surface area contributed by atoms with Crippen LogP contribution in [-0.2, 0) is 17.5 Å². The molecular weight excluding hydrogens is 397 g/mol. The summed E-state index contributed by atoms with van der Waals surface area (Å²) < 4.78 is 49.7. The second kappa shape index (κ2) is 6.70. The average molecular weight is 414 g/mol. The molecule has 0 fully saturated rings. The third-order valence-electron chi connectivity index (χ3n) is 5.62. The first-order valence-corrected chi connectivity index (χ1v) is 9.49. The number of carbonyl (C=O) groups excluding carboxylic acids is 1. The van der Waals surface area contributed by atoms with Gasteiger partial charge in [0.15, 0.2) is 0 Å². The highest BCUT2D eigenvalue weighted by molar-refractivity contribution is 5.99. The number of nitrogens with zero attached hydrogens (tertiary/aromatic N) is 1. The molecule has 5 nitrogen and oxygen atoms in total. The number of aromatic nitrogens is 1. The van der Waals surface area contributed by atoms with Crippen molar-refractivity contribution >= 4 is 16.8 Å². The third kappa shape index (κ3) is 3.08. The van der Waals surface area contributed by atoms with Crippen LogP contribution in [0.5, 0.6) is 5.75 Å². The molecule has 1 unspecified atom stereocenters. The van der Waals surface area contributed by atoms with E-state index in [0.717, 1.165) is 34.2 Å². The van der Waals surface area contributed by atoms with E-state index in [1.807, 2.05) is 6.92 Å². The Bertz CT molecular complexity index is 1180. The Hall–Kier alpha value is -3.13. The molecule has 0 saturated carbocycles. The normalized spacial score (nSPS) is 20.0. The molecule has 0 aliphatic carbocycles. The Morgan fingerprint density at radius 1 is 1.17 bits per heavy atom. The van der Waals surface area contributed by atoms with Gasteiger partial charge in [0.05, 0.1) is 29.8 Å². The third-order valence-corrected chi connectivity index (χ3v) is 5.62. The van der Waals surface area contributed by atoms with Crippen LogP contribution in [0.25, 0.3) is 10.9 Å². The maximum Gasteiger partial charge on any atom is 0.416 e. The molecule has 1 amide bonds. The number of benzene rings is 2. The van der Waals surface area contributed by atoms with E-state index in [0.29, 0.717) is 17.7 Å². The first kappa shape index (κ1) is 18.9. The zero-order valence-corrected chi connectivity index (χ0v) is 15.9. The number of alkyl halides is 3. The van der Waals surface area contributed by atoms with E-state index in [-0.39, 0.29) is 24.4 Å². The van der Waals surface area contributed by atoms with Gasteiger partial charge in [0.1, 0.15) is 12.4 Å². The summed E-state index contributed by atoms with van der Waals surface area (Å²) in [6.45, 7) is 2.50. The van der Waals surface area contributed by atoms with Crippen LogP contribution in [0, 0.1) is 0 Å². The minimum Gasteiger partial charge on any atom is -0.491 e. The van der Waals surface area contributed by atoms with Crippen LogP contribution in [-0.4, -0.2) is 17.5 Å². The van der Waals surface area contributed by atoms with Crippen LogP contribution in [0.15, 0.2) is 42.6 Å². The fourth-order valence-corrected chi connectivity index (χ4v) is 3.96.